The molecule has 0 atom stereocenters. The monoisotopic (exact) mass is 217 g/mol. The van der Waals surface area contributed by atoms with Crippen molar-refractivity contribution in [2.75, 3.05) is 0 Å². The third-order valence-electron chi connectivity index (χ3n) is 3.86. The van der Waals surface area contributed by atoms with Crippen LogP contribution < -0.4 is 5.73 Å². The highest BCUT2D eigenvalue weighted by molar-refractivity contribution is 5.17. The predicted octanol–water partition coefficient (Wildman–Crippen LogP) is 2.47. The molecule has 2 N–H and O–H groups in total. The van der Waals surface area contributed by atoms with E-state index in [0.29, 0.717) is 5.92 Å². The molecule has 0 saturated heterocycles. The summed E-state index contributed by atoms with van der Waals surface area (Å²) in [6.07, 6.45) is 10.3. The number of hydrogen-bond acceptors (Lipinski definition) is 3. The van der Waals surface area contributed by atoms with Crippen molar-refractivity contribution in [2.45, 2.75) is 56.4 Å². The van der Waals surface area contributed by atoms with E-state index in [9.17, 15) is 0 Å². The van der Waals surface area contributed by atoms with E-state index >= 15 is 0 Å². The molecule has 1 heterocycles. The van der Waals surface area contributed by atoms with Gasteiger partial charge in [0.15, 0.2) is 0 Å². The normalized spacial score (nSPS) is 24.3. The summed E-state index contributed by atoms with van der Waals surface area (Å²) in [5.41, 5.74) is 7.41. The molecule has 16 heavy (non-hydrogen) atoms. The molecule has 0 amide bonds. The first-order valence-electron chi connectivity index (χ1n) is 6.40. The van der Waals surface area contributed by atoms with Gasteiger partial charge in [-0.3, -0.25) is 0 Å². The van der Waals surface area contributed by atoms with Crippen molar-refractivity contribution in [3.05, 3.63) is 23.8 Å². The van der Waals surface area contributed by atoms with Crippen LogP contribution in [-0.2, 0) is 5.54 Å². The molecule has 0 radical (unpaired) electrons. The minimum atomic E-state index is -0.247. The zero-order chi connectivity index (χ0) is 11.0. The molecule has 2 saturated carbocycles. The minimum absolute atomic E-state index is 0.247. The summed E-state index contributed by atoms with van der Waals surface area (Å²) in [7, 11) is 0. The molecule has 0 aromatic carbocycles. The molecule has 0 bridgehead atoms. The Morgan fingerprint density at radius 3 is 2.62 bits per heavy atom. The molecule has 1 aromatic heterocycles. The van der Waals surface area contributed by atoms with Gasteiger partial charge in [0.05, 0.1) is 5.54 Å². The zero-order valence-electron chi connectivity index (χ0n) is 9.65. The second-order valence-corrected chi connectivity index (χ2v) is 5.30. The van der Waals surface area contributed by atoms with Crippen LogP contribution in [0.15, 0.2) is 12.3 Å². The fourth-order valence-corrected chi connectivity index (χ4v) is 2.63. The van der Waals surface area contributed by atoms with Crippen LogP contribution in [0.3, 0.4) is 0 Å². The summed E-state index contributed by atoms with van der Waals surface area (Å²) in [6, 6.07) is 2.05. The Balaban J connectivity index is 1.89. The summed E-state index contributed by atoms with van der Waals surface area (Å²) < 4.78 is 0. The first-order chi connectivity index (χ1) is 7.78. The number of rotatable bonds is 2. The van der Waals surface area contributed by atoms with Crippen molar-refractivity contribution in [1.29, 1.82) is 0 Å². The third kappa shape index (κ3) is 1.84. The van der Waals surface area contributed by atoms with Gasteiger partial charge in [-0.15, -0.1) is 0 Å². The highest BCUT2D eigenvalue weighted by Crippen LogP contribution is 2.40. The van der Waals surface area contributed by atoms with Gasteiger partial charge in [-0.25, -0.2) is 9.97 Å². The van der Waals surface area contributed by atoms with Gasteiger partial charge in [0.25, 0.3) is 0 Å². The van der Waals surface area contributed by atoms with E-state index in [1.54, 1.807) is 0 Å². The highest BCUT2D eigenvalue weighted by Gasteiger charge is 2.33. The lowest BCUT2D eigenvalue weighted by atomic mass is 9.82. The Hall–Kier alpha value is -0.960. The maximum absolute atomic E-state index is 6.44. The Morgan fingerprint density at radius 1 is 1.19 bits per heavy atom. The summed E-state index contributed by atoms with van der Waals surface area (Å²) in [5, 5.41) is 0. The average molecular weight is 217 g/mol. The van der Waals surface area contributed by atoms with Crippen molar-refractivity contribution < 1.29 is 0 Å². The Labute approximate surface area is 96.5 Å². The van der Waals surface area contributed by atoms with Gasteiger partial charge in [0, 0.05) is 17.8 Å². The average Bonchev–Trinajstić information content (AvgIpc) is 3.14. The van der Waals surface area contributed by atoms with Crippen LogP contribution in [0, 0.1) is 0 Å². The number of hydrogen-bond donors (Lipinski definition) is 1. The highest BCUT2D eigenvalue weighted by atomic mass is 15.0. The summed E-state index contributed by atoms with van der Waals surface area (Å²) >= 11 is 0. The molecule has 2 aliphatic rings. The van der Waals surface area contributed by atoms with Crippen molar-refractivity contribution in [1.82, 2.24) is 9.97 Å². The summed E-state index contributed by atoms with van der Waals surface area (Å²) in [6.45, 7) is 0. The number of nitrogens with two attached hydrogens (primary N) is 1. The quantitative estimate of drug-likeness (QED) is 0.828. The molecule has 0 spiro atoms. The molecule has 0 aliphatic heterocycles. The Bertz CT molecular complexity index is 379. The molecule has 3 rings (SSSR count). The molecule has 0 unspecified atom stereocenters. The molecule has 86 valence electrons. The van der Waals surface area contributed by atoms with E-state index in [-0.39, 0.29) is 5.54 Å². The van der Waals surface area contributed by atoms with Crippen LogP contribution in [0.4, 0.5) is 0 Å². The molecule has 3 heteroatoms. The van der Waals surface area contributed by atoms with Crippen LogP contribution in [0.5, 0.6) is 0 Å². The Morgan fingerprint density at radius 2 is 1.94 bits per heavy atom. The maximum Gasteiger partial charge on any atom is 0.148 e. The molecule has 3 nitrogen and oxygen atoms in total. The fraction of sp³-hybridized carbons (Fsp3) is 0.692. The first-order valence-corrected chi connectivity index (χ1v) is 6.40. The number of nitrogens with zero attached hydrogens (tertiary/aromatic N) is 2. The second-order valence-electron chi connectivity index (χ2n) is 5.30. The molecule has 1 aromatic rings. The van der Waals surface area contributed by atoms with Gasteiger partial charge in [0.1, 0.15) is 5.82 Å². The Kier molecular flexibility index (Phi) is 2.43. The lowest BCUT2D eigenvalue weighted by Crippen LogP contribution is -2.40. The van der Waals surface area contributed by atoms with Gasteiger partial charge >= 0.3 is 0 Å². The molecule has 2 fully saturated rings. The summed E-state index contributed by atoms with van der Waals surface area (Å²) in [5.74, 6) is 1.57. The van der Waals surface area contributed by atoms with Crippen molar-refractivity contribution in [3.63, 3.8) is 0 Å². The SMILES string of the molecule is NC1(c2nccc(C3CC3)n2)CCCCC1. The van der Waals surface area contributed by atoms with Crippen molar-refractivity contribution >= 4 is 0 Å². The predicted molar refractivity (Wildman–Crippen MR) is 63.0 cm³/mol. The van der Waals surface area contributed by atoms with Crippen LogP contribution in [0.2, 0.25) is 0 Å². The second kappa shape index (κ2) is 3.81. The van der Waals surface area contributed by atoms with Gasteiger partial charge in [-0.2, -0.15) is 0 Å². The van der Waals surface area contributed by atoms with Crippen LogP contribution in [-0.4, -0.2) is 9.97 Å². The third-order valence-corrected chi connectivity index (χ3v) is 3.86. The summed E-state index contributed by atoms with van der Waals surface area (Å²) in [4.78, 5) is 9.10. The van der Waals surface area contributed by atoms with Crippen LogP contribution >= 0.6 is 0 Å². The van der Waals surface area contributed by atoms with E-state index in [0.717, 1.165) is 18.7 Å². The van der Waals surface area contributed by atoms with Gasteiger partial charge in [0.2, 0.25) is 0 Å². The van der Waals surface area contributed by atoms with E-state index in [1.165, 1.54) is 37.8 Å². The van der Waals surface area contributed by atoms with E-state index in [1.807, 2.05) is 12.3 Å². The van der Waals surface area contributed by atoms with Gasteiger partial charge in [-0.1, -0.05) is 19.3 Å². The van der Waals surface area contributed by atoms with Crippen molar-refractivity contribution in [2.24, 2.45) is 5.73 Å². The minimum Gasteiger partial charge on any atom is -0.319 e. The molecule has 2 aliphatic carbocycles. The number of aromatic nitrogens is 2. The van der Waals surface area contributed by atoms with Crippen molar-refractivity contribution in [3.8, 4) is 0 Å². The lowest BCUT2D eigenvalue weighted by Gasteiger charge is -2.31. The van der Waals surface area contributed by atoms with Gasteiger partial charge in [-0.05, 0) is 31.7 Å². The maximum atomic E-state index is 6.44. The van der Waals surface area contributed by atoms with Gasteiger partial charge < -0.3 is 5.73 Å². The molecular weight excluding hydrogens is 198 g/mol. The van der Waals surface area contributed by atoms with E-state index in [2.05, 4.69) is 4.98 Å². The van der Waals surface area contributed by atoms with Crippen LogP contribution in [0.1, 0.15) is 62.4 Å². The smallest absolute Gasteiger partial charge is 0.148 e. The fourth-order valence-electron chi connectivity index (χ4n) is 2.63. The largest absolute Gasteiger partial charge is 0.319 e. The van der Waals surface area contributed by atoms with E-state index in [4.69, 9.17) is 10.7 Å². The van der Waals surface area contributed by atoms with E-state index < -0.39 is 0 Å². The molecular formula is C13H19N3. The standard InChI is InChI=1S/C13H19N3/c14-13(7-2-1-3-8-13)12-15-9-6-11(16-12)10-4-5-10/h6,9-10H,1-5,7-8,14H2. The van der Waals surface area contributed by atoms with Crippen LogP contribution in [0.25, 0.3) is 0 Å². The lowest BCUT2D eigenvalue weighted by molar-refractivity contribution is 0.286. The first kappa shape index (κ1) is 10.2. The zero-order valence-corrected chi connectivity index (χ0v) is 9.65. The topological polar surface area (TPSA) is 51.8 Å².